The SMILES string of the molecule is CC(C)(O)CN/C(=N/C(=O)c1cccc(Cl)c1)NC1NNc2cc(F)ccc21. The number of carbonyl (C=O) groups is 1. The van der Waals surface area contributed by atoms with Gasteiger partial charge in [0, 0.05) is 22.7 Å². The van der Waals surface area contributed by atoms with Gasteiger partial charge in [0.25, 0.3) is 5.91 Å². The van der Waals surface area contributed by atoms with E-state index in [-0.39, 0.29) is 18.3 Å². The van der Waals surface area contributed by atoms with E-state index in [2.05, 4.69) is 26.5 Å². The molecule has 1 aliphatic heterocycles. The summed E-state index contributed by atoms with van der Waals surface area (Å²) < 4.78 is 13.4. The number of halogens is 2. The second-order valence-electron chi connectivity index (χ2n) is 7.02. The molecular formula is C19H21ClFN5O2. The summed E-state index contributed by atoms with van der Waals surface area (Å²) in [6.07, 6.45) is -0.462. The Morgan fingerprint density at radius 3 is 2.82 bits per heavy atom. The van der Waals surface area contributed by atoms with Crippen LogP contribution < -0.4 is 21.5 Å². The summed E-state index contributed by atoms with van der Waals surface area (Å²) in [5.41, 5.74) is 6.48. The van der Waals surface area contributed by atoms with E-state index in [1.54, 1.807) is 38.1 Å². The summed E-state index contributed by atoms with van der Waals surface area (Å²) in [6.45, 7) is 3.41. The van der Waals surface area contributed by atoms with E-state index in [1.807, 2.05) is 0 Å². The van der Waals surface area contributed by atoms with Crippen LogP contribution in [-0.4, -0.2) is 29.1 Å². The summed E-state index contributed by atoms with van der Waals surface area (Å²) in [4.78, 5) is 16.6. The van der Waals surface area contributed by atoms with Crippen LogP contribution >= 0.6 is 11.6 Å². The highest BCUT2D eigenvalue weighted by Crippen LogP contribution is 2.27. The Morgan fingerprint density at radius 1 is 1.32 bits per heavy atom. The minimum atomic E-state index is -1.02. The van der Waals surface area contributed by atoms with Crippen molar-refractivity contribution in [2.75, 3.05) is 12.0 Å². The lowest BCUT2D eigenvalue weighted by Gasteiger charge is -2.22. The number of hydrogen-bond acceptors (Lipinski definition) is 4. The van der Waals surface area contributed by atoms with Gasteiger partial charge < -0.3 is 21.2 Å². The first kappa shape index (κ1) is 20.1. The number of nitrogens with zero attached hydrogens (tertiary/aromatic N) is 1. The third-order valence-corrected chi connectivity index (χ3v) is 4.17. The number of rotatable bonds is 4. The number of aliphatic imine (C=N–C) groups is 1. The van der Waals surface area contributed by atoms with Crippen LogP contribution in [0.25, 0.3) is 0 Å². The van der Waals surface area contributed by atoms with Crippen LogP contribution in [0.3, 0.4) is 0 Å². The lowest BCUT2D eigenvalue weighted by Crippen LogP contribution is -2.48. The van der Waals surface area contributed by atoms with Crippen molar-refractivity contribution in [2.45, 2.75) is 25.6 Å². The Bertz CT molecular complexity index is 913. The third-order valence-electron chi connectivity index (χ3n) is 3.93. The fourth-order valence-electron chi connectivity index (χ4n) is 2.58. The molecule has 0 saturated heterocycles. The zero-order valence-corrected chi connectivity index (χ0v) is 16.1. The van der Waals surface area contributed by atoms with E-state index in [0.717, 1.165) is 5.56 Å². The van der Waals surface area contributed by atoms with Gasteiger partial charge in [0.2, 0.25) is 5.96 Å². The predicted octanol–water partition coefficient (Wildman–Crippen LogP) is 2.55. The van der Waals surface area contributed by atoms with Gasteiger partial charge in [-0.2, -0.15) is 4.99 Å². The van der Waals surface area contributed by atoms with Gasteiger partial charge in [-0.3, -0.25) is 4.79 Å². The minimum absolute atomic E-state index is 0.151. The Labute approximate surface area is 167 Å². The molecule has 0 bridgehead atoms. The van der Waals surface area contributed by atoms with Crippen LogP contribution in [0.1, 0.15) is 35.9 Å². The molecule has 3 rings (SSSR count). The second kappa shape index (κ2) is 8.14. The van der Waals surface area contributed by atoms with Crippen LogP contribution in [0.15, 0.2) is 47.5 Å². The van der Waals surface area contributed by atoms with Crippen molar-refractivity contribution in [1.82, 2.24) is 16.1 Å². The first-order chi connectivity index (χ1) is 13.2. The topological polar surface area (TPSA) is 97.8 Å². The molecule has 2 aromatic rings. The lowest BCUT2D eigenvalue weighted by molar-refractivity contribution is 0.0842. The maximum absolute atomic E-state index is 13.4. The highest BCUT2D eigenvalue weighted by Gasteiger charge is 2.24. The van der Waals surface area contributed by atoms with Gasteiger partial charge in [-0.1, -0.05) is 23.7 Å². The van der Waals surface area contributed by atoms with E-state index >= 15 is 0 Å². The average molecular weight is 406 g/mol. The van der Waals surface area contributed by atoms with Crippen molar-refractivity contribution in [2.24, 2.45) is 4.99 Å². The van der Waals surface area contributed by atoms with Gasteiger partial charge in [0.05, 0.1) is 11.3 Å². The minimum Gasteiger partial charge on any atom is -0.389 e. The standard InChI is InChI=1S/C19H21ClFN5O2/c1-19(2,28)10-22-18(24-17(27)11-4-3-5-12(20)8-11)23-16-14-7-6-13(21)9-15(14)25-26-16/h3-9,16,25-26,28H,10H2,1-2H3,(H2,22,23,24,27). The largest absolute Gasteiger partial charge is 0.389 e. The average Bonchev–Trinajstić information content (AvgIpc) is 3.00. The number of amides is 1. The van der Waals surface area contributed by atoms with E-state index in [4.69, 9.17) is 11.6 Å². The molecule has 9 heteroatoms. The molecule has 0 saturated carbocycles. The van der Waals surface area contributed by atoms with E-state index in [1.165, 1.54) is 18.2 Å². The number of benzene rings is 2. The maximum atomic E-state index is 13.4. The van der Waals surface area contributed by atoms with Gasteiger partial charge in [-0.05, 0) is 44.2 Å². The number of aliphatic hydroxyl groups is 1. The van der Waals surface area contributed by atoms with E-state index in [0.29, 0.717) is 16.3 Å². The smallest absolute Gasteiger partial charge is 0.280 e. The maximum Gasteiger partial charge on any atom is 0.280 e. The molecular weight excluding hydrogens is 385 g/mol. The van der Waals surface area contributed by atoms with Crippen LogP contribution in [-0.2, 0) is 0 Å². The predicted molar refractivity (Wildman–Crippen MR) is 107 cm³/mol. The normalized spacial score (nSPS) is 16.3. The van der Waals surface area contributed by atoms with Crippen molar-refractivity contribution in [3.63, 3.8) is 0 Å². The Hall–Kier alpha value is -2.68. The molecule has 0 fully saturated rings. The molecule has 1 amide bonds. The van der Waals surface area contributed by atoms with Crippen molar-refractivity contribution >= 4 is 29.2 Å². The highest BCUT2D eigenvalue weighted by molar-refractivity contribution is 6.31. The molecule has 2 aromatic carbocycles. The molecule has 1 unspecified atom stereocenters. The molecule has 0 aromatic heterocycles. The lowest BCUT2D eigenvalue weighted by atomic mass is 10.1. The molecule has 0 aliphatic carbocycles. The zero-order chi connectivity index (χ0) is 20.3. The molecule has 5 N–H and O–H groups in total. The summed E-state index contributed by atoms with van der Waals surface area (Å²) in [6, 6.07) is 10.8. The highest BCUT2D eigenvalue weighted by atomic mass is 35.5. The number of nitrogens with one attached hydrogen (secondary N) is 4. The molecule has 1 atom stereocenters. The molecule has 0 radical (unpaired) electrons. The number of hydrogen-bond donors (Lipinski definition) is 5. The molecule has 0 spiro atoms. The quantitative estimate of drug-likeness (QED) is 0.396. The summed E-state index contributed by atoms with van der Waals surface area (Å²) in [5, 5.41) is 16.4. The van der Waals surface area contributed by atoms with Gasteiger partial charge >= 0.3 is 0 Å². The first-order valence-electron chi connectivity index (χ1n) is 8.64. The number of carbonyl (C=O) groups excluding carboxylic acids is 1. The van der Waals surface area contributed by atoms with Gasteiger partial charge in [0.15, 0.2) is 0 Å². The van der Waals surface area contributed by atoms with E-state index < -0.39 is 17.7 Å². The zero-order valence-electron chi connectivity index (χ0n) is 15.4. The second-order valence-corrected chi connectivity index (χ2v) is 7.46. The van der Waals surface area contributed by atoms with Crippen molar-refractivity contribution in [3.8, 4) is 0 Å². The van der Waals surface area contributed by atoms with Crippen molar-refractivity contribution in [3.05, 3.63) is 64.4 Å². The fraction of sp³-hybridized carbons (Fsp3) is 0.263. The molecule has 28 heavy (non-hydrogen) atoms. The Morgan fingerprint density at radius 2 is 2.11 bits per heavy atom. The van der Waals surface area contributed by atoms with Gasteiger partial charge in [0.1, 0.15) is 12.0 Å². The van der Waals surface area contributed by atoms with Crippen LogP contribution in [0.4, 0.5) is 10.1 Å². The number of guanidine groups is 1. The van der Waals surface area contributed by atoms with Crippen LogP contribution in [0, 0.1) is 5.82 Å². The van der Waals surface area contributed by atoms with Crippen LogP contribution in [0.5, 0.6) is 0 Å². The summed E-state index contributed by atoms with van der Waals surface area (Å²) in [7, 11) is 0. The molecule has 148 valence electrons. The van der Waals surface area contributed by atoms with Gasteiger partial charge in [-0.25, -0.2) is 9.82 Å². The Balaban J connectivity index is 1.82. The monoisotopic (exact) mass is 405 g/mol. The molecule has 1 aliphatic rings. The van der Waals surface area contributed by atoms with Gasteiger partial charge in [-0.15, -0.1) is 0 Å². The van der Waals surface area contributed by atoms with E-state index in [9.17, 15) is 14.3 Å². The third kappa shape index (κ3) is 5.19. The molecule has 7 nitrogen and oxygen atoms in total. The summed E-state index contributed by atoms with van der Waals surface area (Å²) in [5.74, 6) is -0.707. The summed E-state index contributed by atoms with van der Waals surface area (Å²) >= 11 is 5.94. The van der Waals surface area contributed by atoms with Crippen molar-refractivity contribution in [1.29, 1.82) is 0 Å². The van der Waals surface area contributed by atoms with Crippen LogP contribution in [0.2, 0.25) is 5.02 Å². The molecule has 1 heterocycles. The fourth-order valence-corrected chi connectivity index (χ4v) is 2.77. The Kier molecular flexibility index (Phi) is 5.83. The number of hydrazine groups is 1. The number of fused-ring (bicyclic) bond motifs is 1. The number of anilines is 1. The van der Waals surface area contributed by atoms with Crippen molar-refractivity contribution < 1.29 is 14.3 Å². The first-order valence-corrected chi connectivity index (χ1v) is 9.01.